The second kappa shape index (κ2) is 5.74. The largest absolute Gasteiger partial charge is 0.368 e. The van der Waals surface area contributed by atoms with E-state index in [2.05, 4.69) is 5.32 Å². The monoisotopic (exact) mass is 272 g/mol. The summed E-state index contributed by atoms with van der Waals surface area (Å²) in [5.41, 5.74) is 8.51. The number of anilines is 1. The Morgan fingerprint density at radius 1 is 1.20 bits per heavy atom. The average Bonchev–Trinajstić information content (AvgIpc) is 2.38. The van der Waals surface area contributed by atoms with Crippen LogP contribution in [0, 0.1) is 19.7 Å². The number of hydrogen-bond donors (Lipinski definition) is 2. The van der Waals surface area contributed by atoms with E-state index < -0.39 is 17.8 Å². The molecule has 1 amide bonds. The molecule has 2 rings (SSSR count). The molecule has 0 saturated heterocycles. The van der Waals surface area contributed by atoms with Crippen molar-refractivity contribution in [2.75, 3.05) is 5.32 Å². The van der Waals surface area contributed by atoms with Gasteiger partial charge in [-0.25, -0.2) is 4.39 Å². The average molecular weight is 272 g/mol. The Labute approximate surface area is 117 Å². The van der Waals surface area contributed by atoms with E-state index >= 15 is 0 Å². The van der Waals surface area contributed by atoms with Gasteiger partial charge in [0.15, 0.2) is 0 Å². The molecule has 3 N–H and O–H groups in total. The molecule has 0 fully saturated rings. The van der Waals surface area contributed by atoms with Gasteiger partial charge in [0, 0.05) is 0 Å². The van der Waals surface area contributed by atoms with Crippen molar-refractivity contribution >= 4 is 11.6 Å². The Balaban J connectivity index is 2.37. The van der Waals surface area contributed by atoms with E-state index in [9.17, 15) is 9.18 Å². The van der Waals surface area contributed by atoms with Gasteiger partial charge in [0.2, 0.25) is 5.91 Å². The molecule has 2 aromatic carbocycles. The number of benzene rings is 2. The van der Waals surface area contributed by atoms with Gasteiger partial charge in [0.25, 0.3) is 0 Å². The minimum atomic E-state index is -0.757. The molecule has 104 valence electrons. The Bertz CT molecular complexity index is 640. The van der Waals surface area contributed by atoms with Crippen LogP contribution in [0.5, 0.6) is 0 Å². The first-order valence-corrected chi connectivity index (χ1v) is 6.36. The smallest absolute Gasteiger partial charge is 0.244 e. The van der Waals surface area contributed by atoms with E-state index in [1.165, 1.54) is 6.07 Å². The molecule has 0 radical (unpaired) electrons. The number of rotatable bonds is 4. The van der Waals surface area contributed by atoms with E-state index in [-0.39, 0.29) is 5.69 Å². The molecule has 1 atom stereocenters. The Kier molecular flexibility index (Phi) is 4.03. The van der Waals surface area contributed by atoms with Crippen LogP contribution in [0.4, 0.5) is 10.1 Å². The lowest BCUT2D eigenvalue weighted by Crippen LogP contribution is -2.28. The minimum absolute atomic E-state index is 0.260. The van der Waals surface area contributed by atoms with Gasteiger partial charge in [-0.05, 0) is 37.1 Å². The summed E-state index contributed by atoms with van der Waals surface area (Å²) in [5, 5.41) is 2.87. The van der Waals surface area contributed by atoms with Gasteiger partial charge in [-0.3, -0.25) is 4.79 Å². The molecule has 0 bridgehead atoms. The lowest BCUT2D eigenvalue weighted by Gasteiger charge is -2.19. The number of hydrogen-bond acceptors (Lipinski definition) is 2. The minimum Gasteiger partial charge on any atom is -0.368 e. The highest BCUT2D eigenvalue weighted by molar-refractivity contribution is 5.85. The molecule has 3 nitrogen and oxygen atoms in total. The van der Waals surface area contributed by atoms with Crippen LogP contribution in [0.1, 0.15) is 22.7 Å². The maximum atomic E-state index is 13.7. The van der Waals surface area contributed by atoms with Gasteiger partial charge in [-0.1, -0.05) is 35.9 Å². The molecule has 0 aliphatic rings. The molecule has 0 aliphatic carbocycles. The molecule has 0 saturated carbocycles. The van der Waals surface area contributed by atoms with Crippen molar-refractivity contribution in [1.82, 2.24) is 0 Å². The zero-order valence-corrected chi connectivity index (χ0v) is 11.5. The molecule has 2 aromatic rings. The van der Waals surface area contributed by atoms with Gasteiger partial charge in [0.05, 0.1) is 5.69 Å². The topological polar surface area (TPSA) is 55.1 Å². The van der Waals surface area contributed by atoms with Crippen molar-refractivity contribution in [3.05, 3.63) is 65.0 Å². The number of halogens is 1. The fraction of sp³-hybridized carbons (Fsp3) is 0.188. The van der Waals surface area contributed by atoms with Gasteiger partial charge < -0.3 is 11.1 Å². The van der Waals surface area contributed by atoms with Gasteiger partial charge in [0.1, 0.15) is 11.9 Å². The quantitative estimate of drug-likeness (QED) is 0.898. The molecule has 0 spiro atoms. The molecular formula is C16H17FN2O. The zero-order chi connectivity index (χ0) is 14.7. The number of nitrogens with two attached hydrogens (primary N) is 1. The Hall–Kier alpha value is -2.36. The first kappa shape index (κ1) is 14.1. The molecule has 0 aliphatic heterocycles. The SMILES string of the molecule is Cc1ccc(C(Nc2ccccc2F)C(N)=O)c(C)c1. The lowest BCUT2D eigenvalue weighted by molar-refractivity contribution is -0.118. The summed E-state index contributed by atoms with van der Waals surface area (Å²) in [5.74, 6) is -0.955. The number of carbonyl (C=O) groups excluding carboxylic acids is 1. The standard InChI is InChI=1S/C16H17FN2O/c1-10-7-8-12(11(2)9-10)15(16(18)20)19-14-6-4-3-5-13(14)17/h3-9,15,19H,1-2H3,(H2,18,20). The predicted octanol–water partition coefficient (Wildman–Crippen LogP) is 3.08. The predicted molar refractivity (Wildman–Crippen MR) is 77.9 cm³/mol. The fourth-order valence-corrected chi connectivity index (χ4v) is 2.19. The fourth-order valence-electron chi connectivity index (χ4n) is 2.19. The Morgan fingerprint density at radius 2 is 1.90 bits per heavy atom. The van der Waals surface area contributed by atoms with Gasteiger partial charge in [-0.2, -0.15) is 0 Å². The molecule has 4 heteroatoms. The lowest BCUT2D eigenvalue weighted by atomic mass is 9.98. The number of primary amides is 1. The summed E-state index contributed by atoms with van der Waals surface area (Å²) < 4.78 is 13.7. The van der Waals surface area contributed by atoms with E-state index in [4.69, 9.17) is 5.73 Å². The number of nitrogens with one attached hydrogen (secondary N) is 1. The van der Waals surface area contributed by atoms with E-state index in [1.54, 1.807) is 18.2 Å². The van der Waals surface area contributed by atoms with Crippen LogP contribution in [-0.4, -0.2) is 5.91 Å². The van der Waals surface area contributed by atoms with Crippen LogP contribution in [0.2, 0.25) is 0 Å². The van der Waals surface area contributed by atoms with E-state index in [0.29, 0.717) is 0 Å². The first-order valence-electron chi connectivity index (χ1n) is 6.36. The van der Waals surface area contributed by atoms with Crippen molar-refractivity contribution in [2.24, 2.45) is 5.73 Å². The van der Waals surface area contributed by atoms with Crippen LogP contribution in [0.3, 0.4) is 0 Å². The third kappa shape index (κ3) is 2.96. The molecule has 20 heavy (non-hydrogen) atoms. The van der Waals surface area contributed by atoms with Crippen LogP contribution >= 0.6 is 0 Å². The zero-order valence-electron chi connectivity index (χ0n) is 11.5. The van der Waals surface area contributed by atoms with Crippen molar-refractivity contribution < 1.29 is 9.18 Å². The third-order valence-electron chi connectivity index (χ3n) is 3.19. The maximum Gasteiger partial charge on any atom is 0.244 e. The van der Waals surface area contributed by atoms with E-state index in [0.717, 1.165) is 16.7 Å². The van der Waals surface area contributed by atoms with Crippen LogP contribution < -0.4 is 11.1 Å². The normalized spacial score (nSPS) is 11.9. The molecule has 0 aromatic heterocycles. The highest BCUT2D eigenvalue weighted by Gasteiger charge is 2.20. The summed E-state index contributed by atoms with van der Waals surface area (Å²) >= 11 is 0. The second-order valence-corrected chi connectivity index (χ2v) is 4.82. The number of carbonyl (C=O) groups is 1. The highest BCUT2D eigenvalue weighted by Crippen LogP contribution is 2.24. The summed E-state index contributed by atoms with van der Waals surface area (Å²) in [7, 11) is 0. The van der Waals surface area contributed by atoms with Crippen molar-refractivity contribution in [3.8, 4) is 0 Å². The first-order chi connectivity index (χ1) is 9.49. The van der Waals surface area contributed by atoms with Gasteiger partial charge in [-0.15, -0.1) is 0 Å². The van der Waals surface area contributed by atoms with Crippen LogP contribution in [0.25, 0.3) is 0 Å². The van der Waals surface area contributed by atoms with Crippen LogP contribution in [0.15, 0.2) is 42.5 Å². The summed E-state index contributed by atoms with van der Waals surface area (Å²) in [6.07, 6.45) is 0. The molecule has 1 unspecified atom stereocenters. The van der Waals surface area contributed by atoms with Crippen LogP contribution in [-0.2, 0) is 4.79 Å². The third-order valence-corrected chi connectivity index (χ3v) is 3.19. The number of amides is 1. The van der Waals surface area contributed by atoms with Gasteiger partial charge >= 0.3 is 0 Å². The van der Waals surface area contributed by atoms with Crippen molar-refractivity contribution in [3.63, 3.8) is 0 Å². The van der Waals surface area contributed by atoms with Crippen molar-refractivity contribution in [2.45, 2.75) is 19.9 Å². The molecule has 0 heterocycles. The summed E-state index contributed by atoms with van der Waals surface area (Å²) in [6.45, 7) is 3.88. The maximum absolute atomic E-state index is 13.7. The molecular weight excluding hydrogens is 255 g/mol. The highest BCUT2D eigenvalue weighted by atomic mass is 19.1. The number of para-hydroxylation sites is 1. The second-order valence-electron chi connectivity index (χ2n) is 4.82. The van der Waals surface area contributed by atoms with E-state index in [1.807, 2.05) is 32.0 Å². The Morgan fingerprint density at radius 3 is 2.50 bits per heavy atom. The number of aryl methyl sites for hydroxylation is 2. The summed E-state index contributed by atoms with van der Waals surface area (Å²) in [6, 6.07) is 11.2. The summed E-state index contributed by atoms with van der Waals surface area (Å²) in [4.78, 5) is 11.7. The van der Waals surface area contributed by atoms with Crippen molar-refractivity contribution in [1.29, 1.82) is 0 Å².